The summed E-state index contributed by atoms with van der Waals surface area (Å²) in [5.74, 6) is 1.62. The number of ether oxygens (including phenoxy) is 3. The molecule has 0 amide bonds. The summed E-state index contributed by atoms with van der Waals surface area (Å²) in [6.07, 6.45) is 0.852. The van der Waals surface area contributed by atoms with Crippen LogP contribution in [0.3, 0.4) is 0 Å². The third-order valence-corrected chi connectivity index (χ3v) is 4.27. The molecule has 5 heteroatoms. The standard InChI is InChI=1S/C16H20O4S/c1-18-14-9-7-12(15(19-2)16(14)20-3)13(17)8-6-11-5-4-10-21-11/h4-5,7,9-10,13,17H,6,8H2,1-3H3. The first kappa shape index (κ1) is 15.7. The Balaban J connectivity index is 2.21. The number of thiophene rings is 1. The Hall–Kier alpha value is -1.72. The summed E-state index contributed by atoms with van der Waals surface area (Å²) >= 11 is 1.70. The molecule has 0 saturated carbocycles. The molecule has 0 saturated heterocycles. The predicted octanol–water partition coefficient (Wildman–Crippen LogP) is 3.44. The van der Waals surface area contributed by atoms with Gasteiger partial charge in [-0.05, 0) is 36.4 Å². The van der Waals surface area contributed by atoms with Gasteiger partial charge in [-0.15, -0.1) is 11.3 Å². The minimum atomic E-state index is -0.609. The summed E-state index contributed by atoms with van der Waals surface area (Å²) in [6.45, 7) is 0. The van der Waals surface area contributed by atoms with Crippen LogP contribution in [0.1, 0.15) is 23.0 Å². The van der Waals surface area contributed by atoms with Crippen molar-refractivity contribution in [1.29, 1.82) is 0 Å². The molecule has 1 aromatic heterocycles. The zero-order chi connectivity index (χ0) is 15.2. The zero-order valence-electron chi connectivity index (χ0n) is 12.5. The summed E-state index contributed by atoms with van der Waals surface area (Å²) in [4.78, 5) is 1.26. The third-order valence-electron chi connectivity index (χ3n) is 3.34. The van der Waals surface area contributed by atoms with Gasteiger partial charge in [-0.25, -0.2) is 0 Å². The van der Waals surface area contributed by atoms with Crippen molar-refractivity contribution in [3.8, 4) is 17.2 Å². The molecule has 0 aliphatic heterocycles. The molecule has 0 fully saturated rings. The Morgan fingerprint density at radius 2 is 1.81 bits per heavy atom. The summed E-state index contributed by atoms with van der Waals surface area (Å²) in [5, 5.41) is 12.5. The number of aliphatic hydroxyl groups is 1. The van der Waals surface area contributed by atoms with Gasteiger partial charge in [0.05, 0.1) is 27.4 Å². The smallest absolute Gasteiger partial charge is 0.203 e. The maximum absolute atomic E-state index is 10.4. The highest BCUT2D eigenvalue weighted by atomic mass is 32.1. The molecule has 0 aliphatic rings. The van der Waals surface area contributed by atoms with E-state index < -0.39 is 6.10 Å². The molecular weight excluding hydrogens is 288 g/mol. The highest BCUT2D eigenvalue weighted by Crippen LogP contribution is 2.42. The lowest BCUT2D eigenvalue weighted by atomic mass is 10.0. The number of aliphatic hydroxyl groups excluding tert-OH is 1. The van der Waals surface area contributed by atoms with Crippen LogP contribution in [0.25, 0.3) is 0 Å². The maximum atomic E-state index is 10.4. The van der Waals surface area contributed by atoms with Crippen molar-refractivity contribution < 1.29 is 19.3 Å². The number of benzene rings is 1. The van der Waals surface area contributed by atoms with Crippen molar-refractivity contribution in [2.24, 2.45) is 0 Å². The molecule has 0 spiro atoms. The molecule has 4 nitrogen and oxygen atoms in total. The molecule has 1 N–H and O–H groups in total. The van der Waals surface area contributed by atoms with E-state index in [1.54, 1.807) is 38.7 Å². The molecule has 114 valence electrons. The highest BCUT2D eigenvalue weighted by molar-refractivity contribution is 7.09. The largest absolute Gasteiger partial charge is 0.493 e. The molecule has 0 radical (unpaired) electrons. The first-order valence-electron chi connectivity index (χ1n) is 6.70. The van der Waals surface area contributed by atoms with E-state index in [9.17, 15) is 5.11 Å². The predicted molar refractivity (Wildman–Crippen MR) is 83.7 cm³/mol. The fourth-order valence-corrected chi connectivity index (χ4v) is 3.00. The van der Waals surface area contributed by atoms with E-state index in [1.165, 1.54) is 4.88 Å². The number of methoxy groups -OCH3 is 3. The molecule has 1 atom stereocenters. The minimum absolute atomic E-state index is 0.507. The van der Waals surface area contributed by atoms with Gasteiger partial charge in [-0.3, -0.25) is 0 Å². The van der Waals surface area contributed by atoms with Gasteiger partial charge in [-0.2, -0.15) is 0 Å². The Labute approximate surface area is 128 Å². The van der Waals surface area contributed by atoms with Gasteiger partial charge in [-0.1, -0.05) is 6.07 Å². The number of rotatable bonds is 7. The lowest BCUT2D eigenvalue weighted by Gasteiger charge is -2.19. The van der Waals surface area contributed by atoms with Crippen LogP contribution >= 0.6 is 11.3 Å². The first-order chi connectivity index (χ1) is 10.2. The normalized spacial score (nSPS) is 12.0. The second kappa shape index (κ2) is 7.33. The van der Waals surface area contributed by atoms with Crippen LogP contribution in [-0.2, 0) is 6.42 Å². The molecule has 0 bridgehead atoms. The highest BCUT2D eigenvalue weighted by Gasteiger charge is 2.20. The molecule has 0 aliphatic carbocycles. The van der Waals surface area contributed by atoms with Gasteiger partial charge in [0, 0.05) is 10.4 Å². The van der Waals surface area contributed by atoms with Crippen LogP contribution in [-0.4, -0.2) is 26.4 Å². The van der Waals surface area contributed by atoms with Crippen LogP contribution < -0.4 is 14.2 Å². The van der Waals surface area contributed by atoms with Crippen molar-refractivity contribution in [3.63, 3.8) is 0 Å². The fraction of sp³-hybridized carbons (Fsp3) is 0.375. The average Bonchev–Trinajstić information content (AvgIpc) is 3.04. The average molecular weight is 308 g/mol. The van der Waals surface area contributed by atoms with E-state index in [2.05, 4.69) is 6.07 Å². The molecule has 2 rings (SSSR count). The first-order valence-corrected chi connectivity index (χ1v) is 7.58. The molecule has 1 unspecified atom stereocenters. The molecule has 21 heavy (non-hydrogen) atoms. The second-order valence-electron chi connectivity index (χ2n) is 4.56. The SMILES string of the molecule is COc1ccc(C(O)CCc2cccs2)c(OC)c1OC. The zero-order valence-corrected chi connectivity index (χ0v) is 13.3. The van der Waals surface area contributed by atoms with Gasteiger partial charge >= 0.3 is 0 Å². The Morgan fingerprint density at radius 1 is 1.05 bits per heavy atom. The Kier molecular flexibility index (Phi) is 5.47. The van der Waals surface area contributed by atoms with Crippen LogP contribution in [0.15, 0.2) is 29.6 Å². The van der Waals surface area contributed by atoms with E-state index in [0.717, 1.165) is 6.42 Å². The van der Waals surface area contributed by atoms with Crippen molar-refractivity contribution in [2.75, 3.05) is 21.3 Å². The van der Waals surface area contributed by atoms with E-state index in [-0.39, 0.29) is 0 Å². The number of hydrogen-bond donors (Lipinski definition) is 1. The van der Waals surface area contributed by atoms with Crippen LogP contribution in [0.5, 0.6) is 17.2 Å². The molecule has 2 aromatic rings. The topological polar surface area (TPSA) is 47.9 Å². The Bertz CT molecular complexity index is 566. The van der Waals surface area contributed by atoms with Crippen LogP contribution in [0.4, 0.5) is 0 Å². The Morgan fingerprint density at radius 3 is 2.38 bits per heavy atom. The summed E-state index contributed by atoms with van der Waals surface area (Å²) in [6, 6.07) is 7.69. The van der Waals surface area contributed by atoms with Crippen LogP contribution in [0, 0.1) is 0 Å². The van der Waals surface area contributed by atoms with E-state index in [0.29, 0.717) is 29.2 Å². The van der Waals surface area contributed by atoms with Gasteiger partial charge in [0.2, 0.25) is 5.75 Å². The van der Waals surface area contributed by atoms with Crippen molar-refractivity contribution in [2.45, 2.75) is 18.9 Å². The van der Waals surface area contributed by atoms with Gasteiger partial charge in [0.1, 0.15) is 0 Å². The lowest BCUT2D eigenvalue weighted by molar-refractivity contribution is 0.162. The molecule has 1 heterocycles. The van der Waals surface area contributed by atoms with E-state index in [1.807, 2.05) is 17.5 Å². The van der Waals surface area contributed by atoms with Gasteiger partial charge in [0.25, 0.3) is 0 Å². The van der Waals surface area contributed by atoms with Crippen LogP contribution in [0.2, 0.25) is 0 Å². The summed E-state index contributed by atoms with van der Waals surface area (Å²) < 4.78 is 16.0. The molecule has 1 aromatic carbocycles. The summed E-state index contributed by atoms with van der Waals surface area (Å²) in [7, 11) is 4.69. The quantitative estimate of drug-likeness (QED) is 0.851. The van der Waals surface area contributed by atoms with Gasteiger partial charge in [0.15, 0.2) is 11.5 Å². The van der Waals surface area contributed by atoms with Gasteiger partial charge < -0.3 is 19.3 Å². The van der Waals surface area contributed by atoms with Crippen molar-refractivity contribution >= 4 is 11.3 Å². The van der Waals surface area contributed by atoms with E-state index in [4.69, 9.17) is 14.2 Å². The van der Waals surface area contributed by atoms with Crippen molar-refractivity contribution in [3.05, 3.63) is 40.1 Å². The monoisotopic (exact) mass is 308 g/mol. The fourth-order valence-electron chi connectivity index (χ4n) is 2.28. The number of hydrogen-bond acceptors (Lipinski definition) is 5. The number of aryl methyl sites for hydroxylation is 1. The summed E-state index contributed by atoms with van der Waals surface area (Å²) in [5.41, 5.74) is 0.715. The van der Waals surface area contributed by atoms with E-state index >= 15 is 0 Å². The minimum Gasteiger partial charge on any atom is -0.493 e. The third kappa shape index (κ3) is 3.49. The molecular formula is C16H20O4S. The lowest BCUT2D eigenvalue weighted by Crippen LogP contribution is -2.04. The maximum Gasteiger partial charge on any atom is 0.203 e. The van der Waals surface area contributed by atoms with Crippen molar-refractivity contribution in [1.82, 2.24) is 0 Å². The second-order valence-corrected chi connectivity index (χ2v) is 5.59.